The Balaban J connectivity index is 1.64. The number of nitro benzene ring substituents is 1. The van der Waals surface area contributed by atoms with E-state index in [9.17, 15) is 28.1 Å². The first-order valence-corrected chi connectivity index (χ1v) is 9.61. The molecule has 1 amide bonds. The van der Waals surface area contributed by atoms with Gasteiger partial charge in [0.05, 0.1) is 16.1 Å². The number of alkyl halides is 3. The second-order valence-corrected chi connectivity index (χ2v) is 7.49. The van der Waals surface area contributed by atoms with E-state index in [1.54, 1.807) is 19.0 Å². The van der Waals surface area contributed by atoms with Gasteiger partial charge in [0.25, 0.3) is 11.6 Å². The van der Waals surface area contributed by atoms with E-state index in [0.29, 0.717) is 37.4 Å². The molecule has 0 unspecified atom stereocenters. The fourth-order valence-electron chi connectivity index (χ4n) is 3.47. The fourth-order valence-corrected chi connectivity index (χ4v) is 3.47. The molecule has 3 rings (SSSR count). The summed E-state index contributed by atoms with van der Waals surface area (Å²) in [5.41, 5.74) is -0.188. The Labute approximate surface area is 176 Å². The molecule has 0 spiro atoms. The molecule has 2 aromatic rings. The monoisotopic (exact) mass is 437 g/mol. The number of anilines is 2. The van der Waals surface area contributed by atoms with E-state index < -0.39 is 22.6 Å². The van der Waals surface area contributed by atoms with Crippen molar-refractivity contribution >= 4 is 23.1 Å². The lowest BCUT2D eigenvalue weighted by Crippen LogP contribution is -2.45. The smallest absolute Gasteiger partial charge is 0.377 e. The molecular weight excluding hydrogens is 415 g/mol. The van der Waals surface area contributed by atoms with Crippen LogP contribution in [-0.2, 0) is 6.18 Å². The van der Waals surface area contributed by atoms with Crippen LogP contribution >= 0.6 is 0 Å². The summed E-state index contributed by atoms with van der Waals surface area (Å²) in [5.74, 6) is 0.0462. The summed E-state index contributed by atoms with van der Waals surface area (Å²) >= 11 is 0. The van der Waals surface area contributed by atoms with Gasteiger partial charge in [-0.3, -0.25) is 14.9 Å². The van der Waals surface area contributed by atoms with Crippen molar-refractivity contribution < 1.29 is 22.9 Å². The molecule has 166 valence electrons. The summed E-state index contributed by atoms with van der Waals surface area (Å²) in [6, 6.07) is 6.32. The zero-order valence-corrected chi connectivity index (χ0v) is 17.0. The quantitative estimate of drug-likeness (QED) is 0.569. The van der Waals surface area contributed by atoms with Gasteiger partial charge in [-0.2, -0.15) is 13.2 Å². The van der Waals surface area contributed by atoms with Gasteiger partial charge in [-0.1, -0.05) is 0 Å². The summed E-state index contributed by atoms with van der Waals surface area (Å²) in [7, 11) is 3.49. The third-order valence-electron chi connectivity index (χ3n) is 5.15. The van der Waals surface area contributed by atoms with Gasteiger partial charge in [0.15, 0.2) is 0 Å². The molecule has 0 bridgehead atoms. The number of carbonyl (C=O) groups excluding carboxylic acids is 1. The lowest BCUT2D eigenvalue weighted by molar-refractivity contribution is -0.384. The Bertz CT molecular complexity index is 956. The maximum absolute atomic E-state index is 12.8. The minimum Gasteiger partial charge on any atom is -0.377 e. The Morgan fingerprint density at radius 3 is 2.42 bits per heavy atom. The lowest BCUT2D eigenvalue weighted by Gasteiger charge is -2.33. The second-order valence-electron chi connectivity index (χ2n) is 7.49. The normalized spacial score (nSPS) is 14.9. The van der Waals surface area contributed by atoms with Crippen molar-refractivity contribution in [2.24, 2.45) is 0 Å². The van der Waals surface area contributed by atoms with Crippen LogP contribution in [0, 0.1) is 10.1 Å². The summed E-state index contributed by atoms with van der Waals surface area (Å²) in [4.78, 5) is 30.8. The number of nitro groups is 1. The number of aromatic nitrogens is 1. The number of rotatable bonds is 5. The molecule has 1 aromatic carbocycles. The highest BCUT2D eigenvalue weighted by Crippen LogP contribution is 2.30. The zero-order chi connectivity index (χ0) is 22.8. The molecule has 0 saturated carbocycles. The van der Waals surface area contributed by atoms with Gasteiger partial charge >= 0.3 is 6.18 Å². The fraction of sp³-hybridized carbons (Fsp3) is 0.400. The summed E-state index contributed by atoms with van der Waals surface area (Å²) in [6.45, 7) is 1.03. The molecule has 2 heterocycles. The van der Waals surface area contributed by atoms with Gasteiger partial charge in [-0.25, -0.2) is 4.98 Å². The highest BCUT2D eigenvalue weighted by Gasteiger charge is 2.31. The van der Waals surface area contributed by atoms with Gasteiger partial charge in [0.2, 0.25) is 0 Å². The first-order chi connectivity index (χ1) is 14.6. The van der Waals surface area contributed by atoms with Gasteiger partial charge in [0, 0.05) is 57.2 Å². The van der Waals surface area contributed by atoms with Crippen molar-refractivity contribution in [1.29, 1.82) is 0 Å². The van der Waals surface area contributed by atoms with Crippen LogP contribution in [-0.4, -0.2) is 49.0 Å². The molecule has 1 aliphatic rings. The average Bonchev–Trinajstić information content (AvgIpc) is 2.73. The van der Waals surface area contributed by atoms with Crippen LogP contribution in [0.1, 0.15) is 28.8 Å². The summed E-state index contributed by atoms with van der Waals surface area (Å²) in [5, 5.41) is 14.0. The molecule has 1 saturated heterocycles. The van der Waals surface area contributed by atoms with Crippen LogP contribution in [0.2, 0.25) is 0 Å². The van der Waals surface area contributed by atoms with E-state index >= 15 is 0 Å². The highest BCUT2D eigenvalue weighted by atomic mass is 19.4. The number of nitrogens with one attached hydrogen (secondary N) is 1. The van der Waals surface area contributed by atoms with Gasteiger partial charge in [0.1, 0.15) is 5.82 Å². The van der Waals surface area contributed by atoms with E-state index in [1.165, 1.54) is 24.3 Å². The molecule has 1 aromatic heterocycles. The van der Waals surface area contributed by atoms with E-state index in [-0.39, 0.29) is 17.3 Å². The summed E-state index contributed by atoms with van der Waals surface area (Å²) < 4.78 is 38.1. The Kier molecular flexibility index (Phi) is 6.32. The van der Waals surface area contributed by atoms with Gasteiger partial charge in [-0.15, -0.1) is 0 Å². The molecule has 1 aliphatic heterocycles. The van der Waals surface area contributed by atoms with E-state index in [0.717, 1.165) is 12.3 Å². The number of nitrogens with zero attached hydrogens (tertiary/aromatic N) is 4. The van der Waals surface area contributed by atoms with Crippen molar-refractivity contribution in [3.8, 4) is 0 Å². The van der Waals surface area contributed by atoms with Crippen LogP contribution in [0.3, 0.4) is 0 Å². The average molecular weight is 437 g/mol. The van der Waals surface area contributed by atoms with E-state index in [4.69, 9.17) is 0 Å². The molecule has 8 nitrogen and oxygen atoms in total. The van der Waals surface area contributed by atoms with E-state index in [2.05, 4.69) is 10.3 Å². The molecule has 11 heteroatoms. The molecule has 0 radical (unpaired) electrons. The predicted octanol–water partition coefficient (Wildman–Crippen LogP) is 3.47. The number of hydrogen-bond donors (Lipinski definition) is 1. The first kappa shape index (κ1) is 22.3. The van der Waals surface area contributed by atoms with Crippen LogP contribution < -0.4 is 15.1 Å². The van der Waals surface area contributed by atoms with E-state index in [1.807, 2.05) is 4.90 Å². The number of amides is 1. The number of halogens is 3. The number of benzene rings is 1. The molecule has 1 N–H and O–H groups in total. The topological polar surface area (TPSA) is 91.6 Å². The molecule has 0 atom stereocenters. The second kappa shape index (κ2) is 8.78. The number of non-ortho nitro benzene ring substituents is 1. The van der Waals surface area contributed by atoms with Gasteiger partial charge < -0.3 is 15.1 Å². The Hall–Kier alpha value is -3.37. The lowest BCUT2D eigenvalue weighted by atomic mass is 10.0. The first-order valence-electron chi connectivity index (χ1n) is 9.61. The molecule has 0 aliphatic carbocycles. The van der Waals surface area contributed by atoms with Crippen molar-refractivity contribution in [2.45, 2.75) is 25.1 Å². The zero-order valence-electron chi connectivity index (χ0n) is 17.0. The van der Waals surface area contributed by atoms with Gasteiger partial charge in [-0.05, 0) is 31.0 Å². The third kappa shape index (κ3) is 5.22. The minimum absolute atomic E-state index is 0.160. The predicted molar refractivity (Wildman–Crippen MR) is 109 cm³/mol. The molecule has 31 heavy (non-hydrogen) atoms. The molecule has 1 fully saturated rings. The van der Waals surface area contributed by atoms with Crippen molar-refractivity contribution in [3.63, 3.8) is 0 Å². The van der Waals surface area contributed by atoms with Crippen LogP contribution in [0.25, 0.3) is 0 Å². The number of pyridine rings is 1. The maximum atomic E-state index is 12.8. The summed E-state index contributed by atoms with van der Waals surface area (Å²) in [6.07, 6.45) is -2.48. The third-order valence-corrected chi connectivity index (χ3v) is 5.15. The number of piperidine rings is 1. The van der Waals surface area contributed by atoms with Crippen LogP contribution in [0.15, 0.2) is 36.5 Å². The molecular formula is C20H22F3N5O3. The van der Waals surface area contributed by atoms with Crippen LogP contribution in [0.4, 0.5) is 30.4 Å². The van der Waals surface area contributed by atoms with Crippen molar-refractivity contribution in [3.05, 3.63) is 57.8 Å². The standard InChI is InChI=1S/C20H22F3N5O3/c1-26(2)17-5-4-15(28(30)31)11-16(17)19(29)25-14-7-9-27(10-8-14)18-6-3-13(12-24-18)20(21,22)23/h3-6,11-12,14H,7-10H2,1-2H3,(H,25,29). The number of hydrogen-bond acceptors (Lipinski definition) is 6. The largest absolute Gasteiger partial charge is 0.417 e. The Morgan fingerprint density at radius 2 is 1.90 bits per heavy atom. The van der Waals surface area contributed by atoms with Crippen molar-refractivity contribution in [1.82, 2.24) is 10.3 Å². The Morgan fingerprint density at radius 1 is 1.23 bits per heavy atom. The van der Waals surface area contributed by atoms with Crippen molar-refractivity contribution in [2.75, 3.05) is 37.0 Å². The minimum atomic E-state index is -4.43. The SMILES string of the molecule is CN(C)c1ccc([N+](=O)[O-])cc1C(=O)NC1CCN(c2ccc(C(F)(F)F)cn2)CC1. The highest BCUT2D eigenvalue weighted by molar-refractivity contribution is 6.00. The number of carbonyl (C=O) groups is 1. The maximum Gasteiger partial charge on any atom is 0.417 e. The van der Waals surface area contributed by atoms with Crippen LogP contribution in [0.5, 0.6) is 0 Å².